The summed E-state index contributed by atoms with van der Waals surface area (Å²) in [5, 5.41) is 5.41. The van der Waals surface area contributed by atoms with E-state index in [0.717, 1.165) is 13.1 Å². The fourth-order valence-electron chi connectivity index (χ4n) is 8.18. The van der Waals surface area contributed by atoms with Crippen LogP contribution in [0.1, 0.15) is 154 Å². The number of fused-ring (bicyclic) bond motifs is 6. The van der Waals surface area contributed by atoms with Crippen LogP contribution in [0.15, 0.2) is 108 Å². The molecular formula is C53H79N2O3S+. The minimum Gasteiger partial charge on any atom is -0.344 e. The number of hydrogen-bond acceptors (Lipinski definition) is 4. The average molecular weight is 824 g/mol. The Kier molecular flexibility index (Phi) is 23.3. The van der Waals surface area contributed by atoms with Crippen LogP contribution in [0, 0.1) is 5.92 Å². The molecule has 6 heteroatoms. The minimum absolute atomic E-state index is 0.0901. The quantitative estimate of drug-likeness (QED) is 0.0859. The summed E-state index contributed by atoms with van der Waals surface area (Å²) in [6.45, 7) is 37.0. The van der Waals surface area contributed by atoms with E-state index in [1.807, 2.05) is 55.4 Å². The van der Waals surface area contributed by atoms with Crippen molar-refractivity contribution >= 4 is 49.2 Å². The van der Waals surface area contributed by atoms with E-state index in [2.05, 4.69) is 162 Å². The predicted octanol–water partition coefficient (Wildman–Crippen LogP) is 15.3. The van der Waals surface area contributed by atoms with Crippen LogP contribution in [0.3, 0.4) is 0 Å². The largest absolute Gasteiger partial charge is 0.425 e. The molecule has 0 saturated carbocycles. The van der Waals surface area contributed by atoms with Gasteiger partial charge in [-0.1, -0.05) is 177 Å². The van der Waals surface area contributed by atoms with Gasteiger partial charge in [-0.15, -0.1) is 12.6 Å². The van der Waals surface area contributed by atoms with Gasteiger partial charge in [-0.05, 0) is 83.5 Å². The normalized spacial score (nSPS) is 15.2. The molecule has 6 rings (SSSR count). The Labute approximate surface area is 362 Å². The SMILES string of the molecule is CC.CC.CC.CC.CCCCC[N+]1=C(/C=C/C(=C/C=C2/N(CCCC)c3ccc4ccccc4c3C2(C)C)C(C)C)C(C)(C)c2c1ccc1ccccc21.O=S(=O)=O. The van der Waals surface area contributed by atoms with Crippen molar-refractivity contribution in [3.8, 4) is 0 Å². The molecule has 0 unspecified atom stereocenters. The predicted molar refractivity (Wildman–Crippen MR) is 261 cm³/mol. The summed E-state index contributed by atoms with van der Waals surface area (Å²) in [4.78, 5) is 2.61. The van der Waals surface area contributed by atoms with Crippen LogP contribution >= 0.6 is 0 Å². The van der Waals surface area contributed by atoms with Crippen molar-refractivity contribution < 1.29 is 17.2 Å². The first-order chi connectivity index (χ1) is 28.3. The highest BCUT2D eigenvalue weighted by Gasteiger charge is 2.45. The van der Waals surface area contributed by atoms with Gasteiger partial charge >= 0.3 is 10.6 Å². The van der Waals surface area contributed by atoms with Crippen molar-refractivity contribution in [1.29, 1.82) is 0 Å². The van der Waals surface area contributed by atoms with E-state index in [9.17, 15) is 0 Å². The van der Waals surface area contributed by atoms with Crippen molar-refractivity contribution in [3.63, 3.8) is 0 Å². The van der Waals surface area contributed by atoms with Gasteiger partial charge in [-0.25, -0.2) is 0 Å². The summed E-state index contributed by atoms with van der Waals surface area (Å²) in [6, 6.07) is 27.2. The van der Waals surface area contributed by atoms with Crippen molar-refractivity contribution in [3.05, 3.63) is 119 Å². The molecule has 0 amide bonds. The second-order valence-electron chi connectivity index (χ2n) is 15.3. The molecule has 59 heavy (non-hydrogen) atoms. The summed E-state index contributed by atoms with van der Waals surface area (Å²) in [6.07, 6.45) is 15.8. The summed E-state index contributed by atoms with van der Waals surface area (Å²) < 4.78 is 28.0. The number of unbranched alkanes of at least 4 members (excludes halogenated alkanes) is 3. The molecule has 2 heterocycles. The summed E-state index contributed by atoms with van der Waals surface area (Å²) in [7, 11) is -3.11. The molecule has 0 atom stereocenters. The second-order valence-corrected chi connectivity index (χ2v) is 15.7. The van der Waals surface area contributed by atoms with Gasteiger partial charge in [-0.3, -0.25) is 0 Å². The third-order valence-corrected chi connectivity index (χ3v) is 10.8. The minimum atomic E-state index is -3.11. The Balaban J connectivity index is 0.00000132. The van der Waals surface area contributed by atoms with E-state index >= 15 is 0 Å². The van der Waals surface area contributed by atoms with Crippen LogP contribution in [-0.4, -0.2) is 36.0 Å². The van der Waals surface area contributed by atoms with E-state index in [1.165, 1.54) is 93.1 Å². The topological polar surface area (TPSA) is 57.5 Å². The van der Waals surface area contributed by atoms with Gasteiger partial charge in [0.2, 0.25) is 5.69 Å². The maximum absolute atomic E-state index is 8.44. The smallest absolute Gasteiger partial charge is 0.344 e. The van der Waals surface area contributed by atoms with Crippen molar-refractivity contribution in [2.24, 2.45) is 5.92 Å². The zero-order chi connectivity index (χ0) is 44.9. The Morgan fingerprint density at radius 1 is 0.678 bits per heavy atom. The summed E-state index contributed by atoms with van der Waals surface area (Å²) in [5.74, 6) is 0.404. The first-order valence-corrected chi connectivity index (χ1v) is 23.7. The highest BCUT2D eigenvalue weighted by Crippen LogP contribution is 2.51. The zero-order valence-corrected chi connectivity index (χ0v) is 40.6. The molecule has 0 bridgehead atoms. The Morgan fingerprint density at radius 2 is 1.19 bits per heavy atom. The molecule has 0 N–H and O–H groups in total. The van der Waals surface area contributed by atoms with Crippen LogP contribution in [0.2, 0.25) is 0 Å². The molecular weight excluding hydrogens is 745 g/mol. The number of hydrogen-bond donors (Lipinski definition) is 0. The molecule has 4 aromatic carbocycles. The number of allylic oxidation sites excluding steroid dienone is 6. The van der Waals surface area contributed by atoms with Gasteiger partial charge < -0.3 is 4.90 Å². The third-order valence-electron chi connectivity index (χ3n) is 10.8. The summed E-state index contributed by atoms with van der Waals surface area (Å²) in [5.41, 5.74) is 9.67. The first kappa shape index (κ1) is 52.7. The maximum Gasteiger partial charge on any atom is 0.425 e. The fourth-order valence-corrected chi connectivity index (χ4v) is 8.18. The van der Waals surface area contributed by atoms with Crippen LogP contribution in [0.4, 0.5) is 11.4 Å². The highest BCUT2D eigenvalue weighted by atomic mass is 32.2. The van der Waals surface area contributed by atoms with Crippen LogP contribution in [-0.2, 0) is 21.4 Å². The molecule has 0 fully saturated rings. The molecule has 324 valence electrons. The monoisotopic (exact) mass is 824 g/mol. The lowest BCUT2D eigenvalue weighted by molar-refractivity contribution is -0.438. The Hall–Kier alpha value is -4.29. The molecule has 2 aliphatic rings. The molecule has 0 aromatic heterocycles. The van der Waals surface area contributed by atoms with Gasteiger partial charge in [0.1, 0.15) is 6.54 Å². The van der Waals surface area contributed by atoms with Crippen molar-refractivity contribution in [2.75, 3.05) is 18.0 Å². The molecule has 0 aliphatic carbocycles. The fraction of sp³-hybridized carbons (Fsp3) is 0.491. The molecule has 0 radical (unpaired) electrons. The molecule has 4 aromatic rings. The lowest BCUT2D eigenvalue weighted by Crippen LogP contribution is -2.28. The van der Waals surface area contributed by atoms with E-state index in [1.54, 1.807) is 0 Å². The molecule has 2 aliphatic heterocycles. The molecule has 5 nitrogen and oxygen atoms in total. The zero-order valence-electron chi connectivity index (χ0n) is 39.8. The number of benzene rings is 4. The van der Waals surface area contributed by atoms with Crippen LogP contribution in [0.25, 0.3) is 21.5 Å². The number of nitrogens with zero attached hydrogens (tertiary/aromatic N) is 2. The van der Waals surface area contributed by atoms with Gasteiger partial charge in [0.25, 0.3) is 0 Å². The van der Waals surface area contributed by atoms with Crippen molar-refractivity contribution in [1.82, 2.24) is 0 Å². The number of anilines is 1. The van der Waals surface area contributed by atoms with Gasteiger partial charge in [-0.2, -0.15) is 4.58 Å². The van der Waals surface area contributed by atoms with E-state index < -0.39 is 10.6 Å². The second kappa shape index (κ2) is 26.0. The molecule has 0 saturated heterocycles. The Bertz CT molecular complexity index is 2150. The highest BCUT2D eigenvalue weighted by molar-refractivity contribution is 7.59. The average Bonchev–Trinajstić information content (AvgIpc) is 3.60. The van der Waals surface area contributed by atoms with Gasteiger partial charge in [0.05, 0.1) is 5.41 Å². The Morgan fingerprint density at radius 3 is 1.71 bits per heavy atom. The van der Waals surface area contributed by atoms with Crippen LogP contribution in [0.5, 0.6) is 0 Å². The van der Waals surface area contributed by atoms with E-state index in [4.69, 9.17) is 12.6 Å². The summed E-state index contributed by atoms with van der Waals surface area (Å²) >= 11 is 0. The van der Waals surface area contributed by atoms with Gasteiger partial charge in [0, 0.05) is 47.5 Å². The van der Waals surface area contributed by atoms with Crippen molar-refractivity contribution in [2.45, 2.75) is 154 Å². The molecule has 0 spiro atoms. The lowest BCUT2D eigenvalue weighted by Gasteiger charge is -2.27. The lowest BCUT2D eigenvalue weighted by atomic mass is 9.78. The number of rotatable bonds is 11. The first-order valence-electron chi connectivity index (χ1n) is 22.7. The van der Waals surface area contributed by atoms with Gasteiger partial charge in [0.15, 0.2) is 5.71 Å². The van der Waals surface area contributed by atoms with Crippen LogP contribution < -0.4 is 4.90 Å². The third kappa shape index (κ3) is 12.6. The standard InChI is InChI=1S/C45H55N2.4C2H6.O3S/c1-9-11-17-31-47-39-27-23-35-19-14-16-21-37(35)43(39)45(7,8)41(47)29-25-33(32(3)4)24-28-40-44(5,6)42-36-20-15-13-18-34(36)22-26-38(42)46(40)30-12-10-2;4*1-2;1-4(2)3/h13-16,18-29,32H,9-12,17,30-31H2,1-8H3;4*1-2H3;/q+1;;;;;. The van der Waals surface area contributed by atoms with E-state index in [0.29, 0.717) is 5.92 Å². The van der Waals surface area contributed by atoms with E-state index in [-0.39, 0.29) is 10.8 Å². The maximum atomic E-state index is 8.44.